The Labute approximate surface area is 124 Å². The molecule has 0 aromatic carbocycles. The van der Waals surface area contributed by atoms with Crippen LogP contribution in [0.15, 0.2) is 0 Å². The largest absolute Gasteiger partial charge is 0.481 e. The Morgan fingerprint density at radius 1 is 1.38 bits per heavy atom. The van der Waals surface area contributed by atoms with Gasteiger partial charge in [0.05, 0.1) is 18.1 Å². The Morgan fingerprint density at radius 2 is 2.05 bits per heavy atom. The van der Waals surface area contributed by atoms with Crippen LogP contribution in [0.4, 0.5) is 0 Å². The molecule has 0 aromatic heterocycles. The molecule has 118 valence electrons. The van der Waals surface area contributed by atoms with E-state index in [-0.39, 0.29) is 24.3 Å². The molecule has 3 unspecified atom stereocenters. The molecule has 1 saturated heterocycles. The van der Waals surface area contributed by atoms with Crippen LogP contribution in [0.25, 0.3) is 0 Å². The first kappa shape index (κ1) is 14.8. The number of hydrogen-bond donors (Lipinski definition) is 3. The molecule has 2 aliphatic carbocycles. The van der Waals surface area contributed by atoms with Gasteiger partial charge in [0.1, 0.15) is 5.54 Å². The molecule has 0 aromatic rings. The third kappa shape index (κ3) is 1.85. The SMILES string of the molecule is CC1(C)C2OCCC2C1(N)C(=O)NC1(CC(=O)O)CCC1. The quantitative estimate of drug-likeness (QED) is 0.706. The van der Waals surface area contributed by atoms with Crippen molar-refractivity contribution in [2.45, 2.75) is 63.1 Å². The van der Waals surface area contributed by atoms with E-state index in [0.29, 0.717) is 19.4 Å². The van der Waals surface area contributed by atoms with Crippen molar-refractivity contribution in [3.05, 3.63) is 0 Å². The predicted octanol–water partition coefficient (Wildman–Crippen LogP) is 0.642. The van der Waals surface area contributed by atoms with Gasteiger partial charge in [-0.05, 0) is 25.7 Å². The van der Waals surface area contributed by atoms with Crippen LogP contribution in [0.2, 0.25) is 0 Å². The van der Waals surface area contributed by atoms with Crippen molar-refractivity contribution in [1.29, 1.82) is 0 Å². The lowest BCUT2D eigenvalue weighted by atomic mass is 9.47. The summed E-state index contributed by atoms with van der Waals surface area (Å²) in [6.45, 7) is 4.57. The molecule has 21 heavy (non-hydrogen) atoms. The van der Waals surface area contributed by atoms with Gasteiger partial charge in [0.15, 0.2) is 0 Å². The minimum absolute atomic E-state index is 0.0279. The van der Waals surface area contributed by atoms with Gasteiger partial charge in [-0.25, -0.2) is 0 Å². The monoisotopic (exact) mass is 296 g/mol. The molecule has 1 amide bonds. The molecular weight excluding hydrogens is 272 g/mol. The Hall–Kier alpha value is -1.14. The summed E-state index contributed by atoms with van der Waals surface area (Å²) >= 11 is 0. The molecule has 6 heteroatoms. The van der Waals surface area contributed by atoms with Gasteiger partial charge in [0, 0.05) is 17.9 Å². The highest BCUT2D eigenvalue weighted by molar-refractivity contribution is 5.90. The molecule has 4 N–H and O–H groups in total. The maximum absolute atomic E-state index is 12.8. The van der Waals surface area contributed by atoms with Crippen LogP contribution in [-0.2, 0) is 14.3 Å². The van der Waals surface area contributed by atoms with Gasteiger partial charge in [-0.3, -0.25) is 9.59 Å². The number of amides is 1. The number of carbonyl (C=O) groups excluding carboxylic acids is 1. The average molecular weight is 296 g/mol. The second-order valence-electron chi connectivity index (χ2n) is 7.44. The van der Waals surface area contributed by atoms with E-state index in [4.69, 9.17) is 15.6 Å². The van der Waals surface area contributed by atoms with Crippen molar-refractivity contribution in [1.82, 2.24) is 5.32 Å². The second kappa shape index (κ2) is 4.43. The zero-order valence-corrected chi connectivity index (χ0v) is 12.6. The zero-order chi connectivity index (χ0) is 15.5. The predicted molar refractivity (Wildman–Crippen MR) is 75.5 cm³/mol. The topological polar surface area (TPSA) is 102 Å². The molecule has 2 saturated carbocycles. The van der Waals surface area contributed by atoms with Crippen LogP contribution < -0.4 is 11.1 Å². The Bertz CT molecular complexity index is 486. The summed E-state index contributed by atoms with van der Waals surface area (Å²) in [5, 5.41) is 12.0. The molecule has 0 bridgehead atoms. The fourth-order valence-corrected chi connectivity index (χ4v) is 4.43. The zero-order valence-electron chi connectivity index (χ0n) is 12.6. The van der Waals surface area contributed by atoms with E-state index in [1.165, 1.54) is 0 Å². The van der Waals surface area contributed by atoms with Gasteiger partial charge in [0.2, 0.25) is 5.91 Å². The Morgan fingerprint density at radius 3 is 2.57 bits per heavy atom. The van der Waals surface area contributed by atoms with Crippen LogP contribution in [0.5, 0.6) is 0 Å². The number of ether oxygens (including phenoxy) is 1. The summed E-state index contributed by atoms with van der Waals surface area (Å²) in [5.74, 6) is -1.05. The van der Waals surface area contributed by atoms with E-state index in [1.807, 2.05) is 13.8 Å². The number of carboxylic acid groups (broad SMARTS) is 1. The summed E-state index contributed by atoms with van der Waals surface area (Å²) < 4.78 is 5.69. The maximum Gasteiger partial charge on any atom is 0.305 e. The number of aliphatic carboxylic acids is 1. The maximum atomic E-state index is 12.8. The molecule has 3 aliphatic rings. The number of fused-ring (bicyclic) bond motifs is 1. The Kier molecular flexibility index (Phi) is 3.12. The van der Waals surface area contributed by atoms with E-state index in [9.17, 15) is 9.59 Å². The van der Waals surface area contributed by atoms with Gasteiger partial charge >= 0.3 is 5.97 Å². The smallest absolute Gasteiger partial charge is 0.305 e. The molecule has 3 fully saturated rings. The Balaban J connectivity index is 1.77. The average Bonchev–Trinajstić information content (AvgIpc) is 2.82. The standard InChI is InChI=1S/C15H24N2O4/c1-13(2)11-9(4-7-21-11)15(13,16)12(20)17-14(5-3-6-14)8-10(18)19/h9,11H,3-8,16H2,1-2H3,(H,17,20)(H,18,19). The van der Waals surface area contributed by atoms with E-state index >= 15 is 0 Å². The van der Waals surface area contributed by atoms with Crippen LogP contribution in [0.1, 0.15) is 46.0 Å². The highest BCUT2D eigenvalue weighted by Gasteiger charge is 2.71. The third-order valence-electron chi connectivity index (χ3n) is 6.01. The molecule has 0 spiro atoms. The number of nitrogens with one attached hydrogen (secondary N) is 1. The number of rotatable bonds is 4. The first-order valence-corrected chi connectivity index (χ1v) is 7.68. The third-order valence-corrected chi connectivity index (χ3v) is 6.01. The normalized spacial score (nSPS) is 38.8. The molecular formula is C15H24N2O4. The lowest BCUT2D eigenvalue weighted by molar-refractivity contribution is -0.178. The fraction of sp³-hybridized carbons (Fsp3) is 0.867. The number of carbonyl (C=O) groups is 2. The molecule has 1 heterocycles. The first-order chi connectivity index (χ1) is 9.73. The fourth-order valence-electron chi connectivity index (χ4n) is 4.43. The minimum Gasteiger partial charge on any atom is -0.481 e. The van der Waals surface area contributed by atoms with Crippen molar-refractivity contribution in [2.24, 2.45) is 17.1 Å². The van der Waals surface area contributed by atoms with E-state index in [2.05, 4.69) is 5.32 Å². The molecule has 3 rings (SSSR count). The lowest BCUT2D eigenvalue weighted by Gasteiger charge is -2.61. The van der Waals surface area contributed by atoms with Gasteiger partial charge in [0.25, 0.3) is 0 Å². The number of carboxylic acids is 1. The molecule has 0 radical (unpaired) electrons. The van der Waals surface area contributed by atoms with Gasteiger partial charge in [-0.1, -0.05) is 13.8 Å². The van der Waals surface area contributed by atoms with Gasteiger partial charge in [-0.2, -0.15) is 0 Å². The highest BCUT2D eigenvalue weighted by atomic mass is 16.5. The summed E-state index contributed by atoms with van der Waals surface area (Å²) in [6.07, 6.45) is 3.18. The lowest BCUT2D eigenvalue weighted by Crippen LogP contribution is -2.81. The molecule has 6 nitrogen and oxygen atoms in total. The van der Waals surface area contributed by atoms with Crippen LogP contribution in [0, 0.1) is 11.3 Å². The number of hydrogen-bond acceptors (Lipinski definition) is 4. The van der Waals surface area contributed by atoms with Crippen molar-refractivity contribution in [3.8, 4) is 0 Å². The van der Waals surface area contributed by atoms with Crippen molar-refractivity contribution in [3.63, 3.8) is 0 Å². The van der Waals surface area contributed by atoms with Crippen molar-refractivity contribution in [2.75, 3.05) is 6.61 Å². The number of nitrogens with two attached hydrogens (primary N) is 1. The van der Waals surface area contributed by atoms with E-state index in [1.54, 1.807) is 0 Å². The van der Waals surface area contributed by atoms with Gasteiger partial charge < -0.3 is 20.9 Å². The molecule has 3 atom stereocenters. The van der Waals surface area contributed by atoms with Crippen LogP contribution >= 0.6 is 0 Å². The van der Waals surface area contributed by atoms with Crippen LogP contribution in [0.3, 0.4) is 0 Å². The van der Waals surface area contributed by atoms with E-state index in [0.717, 1.165) is 12.8 Å². The summed E-state index contributed by atoms with van der Waals surface area (Å²) in [4.78, 5) is 23.8. The molecule has 1 aliphatic heterocycles. The van der Waals surface area contributed by atoms with E-state index < -0.39 is 22.5 Å². The first-order valence-electron chi connectivity index (χ1n) is 7.68. The summed E-state index contributed by atoms with van der Waals surface area (Å²) in [6, 6.07) is 0. The van der Waals surface area contributed by atoms with Crippen molar-refractivity contribution < 1.29 is 19.4 Å². The summed E-state index contributed by atoms with van der Waals surface area (Å²) in [5.41, 5.74) is 4.50. The van der Waals surface area contributed by atoms with Crippen molar-refractivity contribution >= 4 is 11.9 Å². The highest BCUT2D eigenvalue weighted by Crippen LogP contribution is 2.58. The van der Waals surface area contributed by atoms with Crippen LogP contribution in [-0.4, -0.2) is 40.8 Å². The second-order valence-corrected chi connectivity index (χ2v) is 7.44. The van der Waals surface area contributed by atoms with Gasteiger partial charge in [-0.15, -0.1) is 0 Å². The summed E-state index contributed by atoms with van der Waals surface area (Å²) in [7, 11) is 0. The minimum atomic E-state index is -0.963.